The smallest absolute Gasteiger partial charge is 0.259 e. The molecule has 0 spiro atoms. The van der Waals surface area contributed by atoms with Crippen LogP contribution in [0.25, 0.3) is 11.4 Å². The minimum Gasteiger partial charge on any atom is -0.360 e. The Hall–Kier alpha value is -3.02. The average Bonchev–Trinajstić information content (AvgIpc) is 3.30. The van der Waals surface area contributed by atoms with E-state index in [4.69, 9.17) is 4.52 Å². The van der Waals surface area contributed by atoms with Crippen LogP contribution in [0, 0.1) is 6.92 Å². The minimum atomic E-state index is -0.0576. The van der Waals surface area contributed by atoms with Crippen LogP contribution in [-0.2, 0) is 0 Å². The van der Waals surface area contributed by atoms with Crippen molar-refractivity contribution in [3.63, 3.8) is 0 Å². The molecule has 1 saturated heterocycles. The highest BCUT2D eigenvalue weighted by molar-refractivity contribution is 6.00. The number of nitrogens with zero attached hydrogens (tertiary/aromatic N) is 4. The Morgan fingerprint density at radius 3 is 2.68 bits per heavy atom. The molecule has 1 unspecified atom stereocenters. The summed E-state index contributed by atoms with van der Waals surface area (Å²) in [6, 6.07) is 11.4. The highest BCUT2D eigenvalue weighted by Gasteiger charge is 2.32. The Morgan fingerprint density at radius 2 is 1.96 bits per heavy atom. The molecule has 1 aliphatic rings. The molecule has 0 radical (unpaired) electrons. The molecule has 0 bridgehead atoms. The van der Waals surface area contributed by atoms with Crippen LogP contribution in [0.3, 0.4) is 0 Å². The maximum Gasteiger partial charge on any atom is 0.259 e. The molecule has 1 aliphatic heterocycles. The van der Waals surface area contributed by atoms with Gasteiger partial charge in [-0.05, 0) is 37.6 Å². The highest BCUT2D eigenvalue weighted by Crippen LogP contribution is 2.30. The van der Waals surface area contributed by atoms with Crippen molar-refractivity contribution in [1.29, 1.82) is 0 Å². The Morgan fingerprint density at radius 1 is 1.16 bits per heavy atom. The molecule has 126 valence electrons. The lowest BCUT2D eigenvalue weighted by Crippen LogP contribution is -2.29. The van der Waals surface area contributed by atoms with Crippen molar-refractivity contribution < 1.29 is 9.32 Å². The molecule has 0 N–H and O–H groups in total. The second kappa shape index (κ2) is 6.47. The topological polar surface area (TPSA) is 72.1 Å². The van der Waals surface area contributed by atoms with Crippen molar-refractivity contribution in [3.05, 3.63) is 65.8 Å². The van der Waals surface area contributed by atoms with Gasteiger partial charge in [-0.15, -0.1) is 0 Å². The number of likely N-dealkylation sites (tertiary alicyclic amines) is 1. The van der Waals surface area contributed by atoms with Crippen molar-refractivity contribution >= 4 is 5.91 Å². The molecule has 4 heterocycles. The Bertz CT molecular complexity index is 877. The van der Waals surface area contributed by atoms with Gasteiger partial charge >= 0.3 is 0 Å². The van der Waals surface area contributed by atoms with Gasteiger partial charge < -0.3 is 9.42 Å². The first-order valence-corrected chi connectivity index (χ1v) is 8.32. The standard InChI is InChI=1S/C19H18N4O2/c1-13-17(18(22-25-13)16-7-3-5-10-21-16)19(24)23-11-8-14(12-23)15-6-2-4-9-20-15/h2-7,9-10,14H,8,11-12H2,1H3. The van der Waals surface area contributed by atoms with Gasteiger partial charge in [0.25, 0.3) is 5.91 Å². The zero-order valence-electron chi connectivity index (χ0n) is 13.9. The van der Waals surface area contributed by atoms with E-state index in [0.29, 0.717) is 35.8 Å². The van der Waals surface area contributed by atoms with E-state index in [1.54, 1.807) is 19.3 Å². The second-order valence-corrected chi connectivity index (χ2v) is 6.17. The Kier molecular flexibility index (Phi) is 4.01. The highest BCUT2D eigenvalue weighted by atomic mass is 16.5. The molecule has 3 aromatic rings. The van der Waals surface area contributed by atoms with Crippen LogP contribution in [0.4, 0.5) is 0 Å². The largest absolute Gasteiger partial charge is 0.360 e. The maximum atomic E-state index is 13.1. The maximum absolute atomic E-state index is 13.1. The predicted octanol–water partition coefficient (Wildman–Crippen LogP) is 3.07. The van der Waals surface area contributed by atoms with Crippen molar-refractivity contribution in [3.8, 4) is 11.4 Å². The van der Waals surface area contributed by atoms with Crippen LogP contribution >= 0.6 is 0 Å². The molecule has 0 aliphatic carbocycles. The van der Waals surface area contributed by atoms with Crippen LogP contribution in [-0.4, -0.2) is 39.0 Å². The summed E-state index contributed by atoms with van der Waals surface area (Å²) >= 11 is 0. The molecule has 1 amide bonds. The number of hydrogen-bond donors (Lipinski definition) is 0. The molecule has 1 fully saturated rings. The van der Waals surface area contributed by atoms with E-state index in [2.05, 4.69) is 15.1 Å². The van der Waals surface area contributed by atoms with Gasteiger partial charge in [-0.1, -0.05) is 17.3 Å². The van der Waals surface area contributed by atoms with Crippen molar-refractivity contribution in [2.45, 2.75) is 19.3 Å². The van der Waals surface area contributed by atoms with Crippen LogP contribution in [0.5, 0.6) is 0 Å². The number of hydrogen-bond acceptors (Lipinski definition) is 5. The lowest BCUT2D eigenvalue weighted by molar-refractivity contribution is 0.0789. The van der Waals surface area contributed by atoms with Crippen LogP contribution in [0.2, 0.25) is 0 Å². The predicted molar refractivity (Wildman–Crippen MR) is 92.0 cm³/mol. The third-order valence-electron chi connectivity index (χ3n) is 4.57. The molecular weight excluding hydrogens is 316 g/mol. The number of aryl methyl sites for hydroxylation is 1. The first-order valence-electron chi connectivity index (χ1n) is 8.32. The number of amides is 1. The Balaban J connectivity index is 1.59. The number of rotatable bonds is 3. The van der Waals surface area contributed by atoms with Gasteiger partial charge in [-0.25, -0.2) is 0 Å². The van der Waals surface area contributed by atoms with Crippen molar-refractivity contribution in [1.82, 2.24) is 20.0 Å². The molecule has 6 nitrogen and oxygen atoms in total. The monoisotopic (exact) mass is 334 g/mol. The first-order chi connectivity index (χ1) is 12.2. The van der Waals surface area contributed by atoms with E-state index in [1.807, 2.05) is 41.3 Å². The molecule has 1 atom stereocenters. The Labute approximate surface area is 145 Å². The number of aromatic nitrogens is 3. The summed E-state index contributed by atoms with van der Waals surface area (Å²) in [4.78, 5) is 23.6. The minimum absolute atomic E-state index is 0.0576. The summed E-state index contributed by atoms with van der Waals surface area (Å²) in [6.07, 6.45) is 4.38. The fraction of sp³-hybridized carbons (Fsp3) is 0.263. The van der Waals surface area contributed by atoms with E-state index in [-0.39, 0.29) is 11.8 Å². The average molecular weight is 334 g/mol. The number of carbonyl (C=O) groups excluding carboxylic acids is 1. The fourth-order valence-electron chi connectivity index (χ4n) is 3.26. The normalized spacial score (nSPS) is 17.0. The molecule has 0 saturated carbocycles. The van der Waals surface area contributed by atoms with Gasteiger partial charge in [0.2, 0.25) is 0 Å². The summed E-state index contributed by atoms with van der Waals surface area (Å²) in [5, 5.41) is 4.06. The second-order valence-electron chi connectivity index (χ2n) is 6.17. The van der Waals surface area contributed by atoms with Gasteiger partial charge in [0.1, 0.15) is 17.0 Å². The lowest BCUT2D eigenvalue weighted by Gasteiger charge is -2.16. The third kappa shape index (κ3) is 2.91. The van der Waals surface area contributed by atoms with Gasteiger partial charge in [0, 0.05) is 37.1 Å². The molecule has 4 rings (SSSR count). The van der Waals surface area contributed by atoms with Gasteiger partial charge in [-0.2, -0.15) is 0 Å². The summed E-state index contributed by atoms with van der Waals surface area (Å²) < 4.78 is 5.29. The molecule has 0 aromatic carbocycles. The SMILES string of the molecule is Cc1onc(-c2ccccn2)c1C(=O)N1CCC(c2ccccn2)C1. The first kappa shape index (κ1) is 15.5. The number of pyridine rings is 2. The van der Waals surface area contributed by atoms with Crippen molar-refractivity contribution in [2.75, 3.05) is 13.1 Å². The quantitative estimate of drug-likeness (QED) is 0.736. The summed E-state index contributed by atoms with van der Waals surface area (Å²) in [7, 11) is 0. The zero-order valence-corrected chi connectivity index (χ0v) is 13.9. The van der Waals surface area contributed by atoms with Crippen LogP contribution < -0.4 is 0 Å². The summed E-state index contributed by atoms with van der Waals surface area (Å²) in [5.41, 5.74) is 2.68. The lowest BCUT2D eigenvalue weighted by atomic mass is 10.0. The van der Waals surface area contributed by atoms with Crippen molar-refractivity contribution in [2.24, 2.45) is 0 Å². The zero-order chi connectivity index (χ0) is 17.2. The van der Waals surface area contributed by atoms with Gasteiger partial charge in [0.05, 0.1) is 5.69 Å². The van der Waals surface area contributed by atoms with Gasteiger partial charge in [-0.3, -0.25) is 14.8 Å². The third-order valence-corrected chi connectivity index (χ3v) is 4.57. The van der Waals surface area contributed by atoms with Gasteiger partial charge in [0.15, 0.2) is 0 Å². The fourth-order valence-corrected chi connectivity index (χ4v) is 3.26. The molecule has 3 aromatic heterocycles. The van der Waals surface area contributed by atoms with Crippen LogP contribution in [0.1, 0.15) is 34.2 Å². The molecular formula is C19H18N4O2. The summed E-state index contributed by atoms with van der Waals surface area (Å²) in [6.45, 7) is 3.12. The number of carbonyl (C=O) groups is 1. The van der Waals surface area contributed by atoms with E-state index in [9.17, 15) is 4.79 Å². The van der Waals surface area contributed by atoms with E-state index < -0.39 is 0 Å². The summed E-state index contributed by atoms with van der Waals surface area (Å²) in [5.74, 6) is 0.730. The van der Waals surface area contributed by atoms with E-state index in [0.717, 1.165) is 12.1 Å². The van der Waals surface area contributed by atoms with E-state index >= 15 is 0 Å². The van der Waals surface area contributed by atoms with E-state index in [1.165, 1.54) is 0 Å². The molecule has 25 heavy (non-hydrogen) atoms. The van der Waals surface area contributed by atoms with Crippen LogP contribution in [0.15, 0.2) is 53.3 Å². The molecule has 6 heteroatoms.